The molecule has 0 saturated carbocycles. The number of amides is 2. The molecule has 4 atom stereocenters. The number of carbonyl (C=O) groups is 2. The molecule has 0 fully saturated rings. The van der Waals surface area contributed by atoms with Crippen molar-refractivity contribution in [1.82, 2.24) is 16.0 Å². The van der Waals surface area contributed by atoms with Gasteiger partial charge in [0.25, 0.3) is 11.8 Å². The van der Waals surface area contributed by atoms with Crippen molar-refractivity contribution >= 4 is 23.5 Å². The fraction of sp³-hybridized carbons (Fsp3) is 0.800. The molecular formula is C20H41N7O6. The molecule has 13 heteroatoms. The Morgan fingerprint density at radius 3 is 1.67 bits per heavy atom. The van der Waals surface area contributed by atoms with Crippen LogP contribution in [0.25, 0.3) is 0 Å². The van der Waals surface area contributed by atoms with Crippen LogP contribution in [0.1, 0.15) is 38.5 Å². The highest BCUT2D eigenvalue weighted by Gasteiger charge is 2.36. The van der Waals surface area contributed by atoms with Crippen LogP contribution in [0, 0.1) is 0 Å². The predicted octanol–water partition coefficient (Wildman–Crippen LogP) is -3.43. The quantitative estimate of drug-likeness (QED) is 0.0545. The summed E-state index contributed by atoms with van der Waals surface area (Å²) >= 11 is 0. The highest BCUT2D eigenvalue weighted by Crippen LogP contribution is 2.07. The third-order valence-electron chi connectivity index (χ3n) is 4.80. The number of hydrogen-bond donors (Lipinski definition) is 9. The number of rotatable bonds is 18. The fourth-order valence-corrected chi connectivity index (χ4v) is 2.75. The summed E-state index contributed by atoms with van der Waals surface area (Å²) in [6.07, 6.45) is -2.93. The van der Waals surface area contributed by atoms with Gasteiger partial charge in [0.15, 0.2) is 12.2 Å². The Kier molecular flexibility index (Phi) is 16.9. The van der Waals surface area contributed by atoms with E-state index in [1.807, 2.05) is 7.05 Å². The number of aliphatic hydroxyl groups is 4. The fourth-order valence-electron chi connectivity index (χ4n) is 2.75. The molecule has 13 nitrogen and oxygen atoms in total. The highest BCUT2D eigenvalue weighted by atomic mass is 16.4. The van der Waals surface area contributed by atoms with Gasteiger partial charge in [-0.15, -0.1) is 0 Å². The maximum absolute atomic E-state index is 11.9. The number of hydrogen-bond acceptors (Lipinski definition) is 9. The molecule has 0 spiro atoms. The molecule has 33 heavy (non-hydrogen) atoms. The topological polar surface area (TPSA) is 228 Å². The van der Waals surface area contributed by atoms with Crippen LogP contribution in [-0.2, 0) is 9.59 Å². The molecule has 0 unspecified atom stereocenters. The lowest BCUT2D eigenvalue weighted by molar-refractivity contribution is -0.155. The first-order valence-corrected chi connectivity index (χ1v) is 11.1. The molecule has 192 valence electrons. The molecule has 0 aliphatic rings. The van der Waals surface area contributed by atoms with E-state index in [0.717, 1.165) is 38.6 Å². The predicted molar refractivity (Wildman–Crippen MR) is 126 cm³/mol. The Morgan fingerprint density at radius 2 is 1.21 bits per heavy atom. The second-order valence-electron chi connectivity index (χ2n) is 7.54. The van der Waals surface area contributed by atoms with Gasteiger partial charge in [0.2, 0.25) is 0 Å². The molecule has 0 rings (SSSR count). The van der Waals surface area contributed by atoms with Gasteiger partial charge >= 0.3 is 0 Å². The molecule has 0 bridgehead atoms. The van der Waals surface area contributed by atoms with Gasteiger partial charge in [-0.3, -0.25) is 19.6 Å². The summed E-state index contributed by atoms with van der Waals surface area (Å²) in [5.74, 6) is -0.824. The van der Waals surface area contributed by atoms with E-state index in [1.54, 1.807) is 0 Å². The van der Waals surface area contributed by atoms with E-state index >= 15 is 0 Å². The molecule has 0 aromatic carbocycles. The van der Waals surface area contributed by atoms with Crippen LogP contribution in [0.15, 0.2) is 9.98 Å². The standard InChI is InChI=1S/C20H41N7O6/c1-23-9-10-25-13(21)7-5-3-4-6-8-14(22)26-11-12-27-20(33)18(31)16(29)15(28)17(30)19(32)24-2/h15-18,23,28-31H,3-12H2,1-2H3,(H2,21,25)(H2,22,26)(H,24,32)(H,27,33)/t15-,16+,17+,18-/m1/s1. The molecule has 11 N–H and O–H groups in total. The van der Waals surface area contributed by atoms with Crippen LogP contribution >= 0.6 is 0 Å². The maximum atomic E-state index is 11.9. The van der Waals surface area contributed by atoms with Crippen LogP contribution in [0.3, 0.4) is 0 Å². The second-order valence-corrected chi connectivity index (χ2v) is 7.54. The first kappa shape index (κ1) is 30.7. The molecule has 0 aliphatic heterocycles. The Balaban J connectivity index is 4.05. The number of aliphatic hydroxyl groups excluding tert-OH is 4. The number of likely N-dealkylation sites (N-methyl/N-ethyl adjacent to an activating group) is 2. The number of amidine groups is 2. The van der Waals surface area contributed by atoms with E-state index in [9.17, 15) is 30.0 Å². The van der Waals surface area contributed by atoms with Crippen molar-refractivity contribution in [1.29, 1.82) is 0 Å². The van der Waals surface area contributed by atoms with E-state index in [0.29, 0.717) is 24.6 Å². The Hall–Kier alpha value is -2.32. The van der Waals surface area contributed by atoms with Crippen LogP contribution in [0.2, 0.25) is 0 Å². The summed E-state index contributed by atoms with van der Waals surface area (Å²) in [6.45, 7) is 1.70. The molecule has 0 radical (unpaired) electrons. The minimum Gasteiger partial charge on any atom is -0.387 e. The minimum absolute atomic E-state index is 0.0452. The second kappa shape index (κ2) is 18.1. The number of nitrogens with zero attached hydrogens (tertiary/aromatic N) is 2. The van der Waals surface area contributed by atoms with Crippen molar-refractivity contribution in [3.05, 3.63) is 0 Å². The Morgan fingerprint density at radius 1 is 0.758 bits per heavy atom. The SMILES string of the molecule is CNCCN=C(N)CCCCCCC(N)=NCCNC(=O)[C@H](O)[C@@H](O)[C@@H](O)[C@H](O)C(=O)NC. The molecule has 0 heterocycles. The molecule has 0 saturated heterocycles. The van der Waals surface area contributed by atoms with Gasteiger partial charge < -0.3 is 47.8 Å². The summed E-state index contributed by atoms with van der Waals surface area (Å²) < 4.78 is 0. The molecule has 0 aromatic heterocycles. The van der Waals surface area contributed by atoms with Gasteiger partial charge in [-0.25, -0.2) is 0 Å². The van der Waals surface area contributed by atoms with E-state index in [-0.39, 0.29) is 13.1 Å². The molecule has 2 amide bonds. The minimum atomic E-state index is -2.05. The summed E-state index contributed by atoms with van der Waals surface area (Å²) in [6, 6.07) is 0. The largest absolute Gasteiger partial charge is 0.387 e. The summed E-state index contributed by atoms with van der Waals surface area (Å²) in [5, 5.41) is 46.3. The zero-order valence-corrected chi connectivity index (χ0v) is 19.5. The smallest absolute Gasteiger partial charge is 0.251 e. The third-order valence-corrected chi connectivity index (χ3v) is 4.80. The number of nitrogens with one attached hydrogen (secondary N) is 3. The molecular weight excluding hydrogens is 434 g/mol. The average molecular weight is 476 g/mol. The monoisotopic (exact) mass is 475 g/mol. The Bertz CT molecular complexity index is 632. The van der Waals surface area contributed by atoms with Crippen molar-refractivity contribution in [3.8, 4) is 0 Å². The molecule has 0 aliphatic carbocycles. The van der Waals surface area contributed by atoms with E-state index in [1.165, 1.54) is 7.05 Å². The van der Waals surface area contributed by atoms with Gasteiger partial charge in [-0.1, -0.05) is 12.8 Å². The zero-order valence-electron chi connectivity index (χ0n) is 19.5. The summed E-state index contributed by atoms with van der Waals surface area (Å²) in [7, 11) is 3.09. The first-order chi connectivity index (χ1) is 15.6. The van der Waals surface area contributed by atoms with E-state index in [2.05, 4.69) is 25.9 Å². The lowest BCUT2D eigenvalue weighted by Crippen LogP contribution is -2.54. The number of aliphatic imine (C=N–C) groups is 2. The molecule has 0 aromatic rings. The van der Waals surface area contributed by atoms with Crippen molar-refractivity contribution in [2.45, 2.75) is 62.9 Å². The van der Waals surface area contributed by atoms with Crippen molar-refractivity contribution in [2.75, 3.05) is 40.3 Å². The van der Waals surface area contributed by atoms with Crippen molar-refractivity contribution in [3.63, 3.8) is 0 Å². The van der Waals surface area contributed by atoms with Gasteiger partial charge in [0.05, 0.1) is 24.8 Å². The van der Waals surface area contributed by atoms with Crippen LogP contribution in [0.5, 0.6) is 0 Å². The van der Waals surface area contributed by atoms with Crippen molar-refractivity contribution < 1.29 is 30.0 Å². The zero-order chi connectivity index (χ0) is 25.2. The third kappa shape index (κ3) is 13.7. The van der Waals surface area contributed by atoms with Gasteiger partial charge in [-0.05, 0) is 19.9 Å². The number of nitrogens with two attached hydrogens (primary N) is 2. The average Bonchev–Trinajstić information content (AvgIpc) is 2.81. The first-order valence-electron chi connectivity index (χ1n) is 11.1. The summed E-state index contributed by atoms with van der Waals surface area (Å²) in [5.41, 5.74) is 11.7. The van der Waals surface area contributed by atoms with Gasteiger partial charge in [-0.2, -0.15) is 0 Å². The van der Waals surface area contributed by atoms with Gasteiger partial charge in [0.1, 0.15) is 12.2 Å². The van der Waals surface area contributed by atoms with Crippen LogP contribution in [0.4, 0.5) is 0 Å². The lowest BCUT2D eigenvalue weighted by Gasteiger charge is -2.25. The Labute approximate surface area is 194 Å². The van der Waals surface area contributed by atoms with Crippen LogP contribution < -0.4 is 27.4 Å². The highest BCUT2D eigenvalue weighted by molar-refractivity contribution is 5.83. The number of unbranched alkanes of at least 4 members (excludes halogenated alkanes) is 3. The van der Waals surface area contributed by atoms with Gasteiger partial charge in [0, 0.05) is 33.0 Å². The van der Waals surface area contributed by atoms with E-state index < -0.39 is 36.2 Å². The number of carbonyl (C=O) groups excluding carboxylic acids is 2. The lowest BCUT2D eigenvalue weighted by atomic mass is 10.0. The van der Waals surface area contributed by atoms with E-state index in [4.69, 9.17) is 11.5 Å². The normalized spacial score (nSPS) is 16.1. The van der Waals surface area contributed by atoms with Crippen molar-refractivity contribution in [2.24, 2.45) is 21.5 Å². The van der Waals surface area contributed by atoms with Crippen LogP contribution in [-0.4, -0.2) is 109 Å². The summed E-state index contributed by atoms with van der Waals surface area (Å²) in [4.78, 5) is 31.5. The maximum Gasteiger partial charge on any atom is 0.251 e.